The van der Waals surface area contributed by atoms with E-state index >= 15 is 0 Å². The largest absolute Gasteiger partial charge is 0.391 e. The molecule has 2 aromatic rings. The number of halogens is 1. The molecular formula is C22H26FN3O2. The summed E-state index contributed by atoms with van der Waals surface area (Å²) < 4.78 is 13.2. The Morgan fingerprint density at radius 1 is 1.14 bits per heavy atom. The predicted octanol–water partition coefficient (Wildman–Crippen LogP) is 2.40. The lowest BCUT2D eigenvalue weighted by Gasteiger charge is -2.31. The van der Waals surface area contributed by atoms with E-state index in [0.717, 1.165) is 50.3 Å². The number of piperazine rings is 1. The first-order chi connectivity index (χ1) is 13.6. The molecular weight excluding hydrogens is 357 g/mol. The molecule has 6 heteroatoms. The van der Waals surface area contributed by atoms with Crippen LogP contribution in [0.15, 0.2) is 42.5 Å². The third kappa shape index (κ3) is 4.03. The number of carbonyl (C=O) groups is 1. The minimum absolute atomic E-state index is 0.301. The van der Waals surface area contributed by atoms with Crippen molar-refractivity contribution in [1.29, 1.82) is 0 Å². The van der Waals surface area contributed by atoms with Crippen LogP contribution in [0.25, 0.3) is 0 Å². The lowest BCUT2D eigenvalue weighted by Crippen LogP contribution is -2.43. The van der Waals surface area contributed by atoms with Crippen LogP contribution in [0.5, 0.6) is 0 Å². The Morgan fingerprint density at radius 3 is 2.64 bits per heavy atom. The second-order valence-corrected chi connectivity index (χ2v) is 7.54. The van der Waals surface area contributed by atoms with Gasteiger partial charge in [0, 0.05) is 37.4 Å². The van der Waals surface area contributed by atoms with Gasteiger partial charge in [-0.25, -0.2) is 4.39 Å². The Bertz CT molecular complexity index is 834. The van der Waals surface area contributed by atoms with Crippen LogP contribution >= 0.6 is 0 Å². The first-order valence-corrected chi connectivity index (χ1v) is 9.95. The van der Waals surface area contributed by atoms with Gasteiger partial charge in [-0.3, -0.25) is 4.79 Å². The van der Waals surface area contributed by atoms with Crippen molar-refractivity contribution in [3.8, 4) is 0 Å². The topological polar surface area (TPSA) is 64.6 Å². The van der Waals surface area contributed by atoms with Crippen molar-refractivity contribution < 1.29 is 14.3 Å². The summed E-state index contributed by atoms with van der Waals surface area (Å²) in [6.45, 7) is 3.77. The van der Waals surface area contributed by atoms with Crippen LogP contribution in [0.3, 0.4) is 0 Å². The van der Waals surface area contributed by atoms with Crippen molar-refractivity contribution >= 4 is 11.6 Å². The van der Waals surface area contributed by atoms with E-state index in [1.54, 1.807) is 0 Å². The third-order valence-electron chi connectivity index (χ3n) is 5.67. The fourth-order valence-corrected chi connectivity index (χ4v) is 4.09. The van der Waals surface area contributed by atoms with E-state index in [4.69, 9.17) is 0 Å². The molecule has 1 fully saturated rings. The first-order valence-electron chi connectivity index (χ1n) is 9.95. The SMILES string of the molecule is O=C(NC1c2cc(N3CCNCC3)ccc2CCCC1O)c1ccc(F)cc1. The minimum Gasteiger partial charge on any atom is -0.391 e. The van der Waals surface area contributed by atoms with Crippen LogP contribution < -0.4 is 15.5 Å². The maximum absolute atomic E-state index is 13.2. The van der Waals surface area contributed by atoms with E-state index in [9.17, 15) is 14.3 Å². The van der Waals surface area contributed by atoms with E-state index in [-0.39, 0.29) is 11.7 Å². The summed E-state index contributed by atoms with van der Waals surface area (Å²) in [5.41, 5.74) is 3.66. The smallest absolute Gasteiger partial charge is 0.251 e. The Labute approximate surface area is 164 Å². The van der Waals surface area contributed by atoms with Gasteiger partial charge in [0.05, 0.1) is 12.1 Å². The normalized spacial score (nSPS) is 22.3. The highest BCUT2D eigenvalue weighted by Gasteiger charge is 2.29. The summed E-state index contributed by atoms with van der Waals surface area (Å²) in [7, 11) is 0. The second kappa shape index (κ2) is 8.29. The molecule has 2 aliphatic rings. The number of anilines is 1. The molecule has 0 bridgehead atoms. The number of carbonyl (C=O) groups excluding carboxylic acids is 1. The maximum atomic E-state index is 13.2. The highest BCUT2D eigenvalue weighted by Crippen LogP contribution is 2.32. The standard InChI is InChI=1S/C22H26FN3O2/c23-17-7-4-16(5-8-17)22(28)25-21-19-14-18(26-12-10-24-11-13-26)9-6-15(19)2-1-3-20(21)27/h4-9,14,20-21,24,27H,1-3,10-13H2,(H,25,28). The number of nitrogens with zero attached hydrogens (tertiary/aromatic N) is 1. The number of amides is 1. The molecule has 3 N–H and O–H groups in total. The second-order valence-electron chi connectivity index (χ2n) is 7.54. The average molecular weight is 383 g/mol. The Morgan fingerprint density at radius 2 is 1.89 bits per heavy atom. The van der Waals surface area contributed by atoms with Gasteiger partial charge in [0.25, 0.3) is 5.91 Å². The van der Waals surface area contributed by atoms with Crippen molar-refractivity contribution in [2.24, 2.45) is 0 Å². The van der Waals surface area contributed by atoms with Crippen molar-refractivity contribution in [3.05, 3.63) is 65.0 Å². The van der Waals surface area contributed by atoms with Gasteiger partial charge in [-0.2, -0.15) is 0 Å². The molecule has 1 aliphatic carbocycles. The number of hydrogen-bond acceptors (Lipinski definition) is 4. The van der Waals surface area contributed by atoms with Gasteiger partial charge in [-0.05, 0) is 66.8 Å². The maximum Gasteiger partial charge on any atom is 0.251 e. The number of aryl methyl sites for hydroxylation is 1. The molecule has 1 amide bonds. The summed E-state index contributed by atoms with van der Waals surface area (Å²) >= 11 is 0. The Kier molecular flexibility index (Phi) is 5.59. The third-order valence-corrected chi connectivity index (χ3v) is 5.67. The molecule has 0 radical (unpaired) electrons. The lowest BCUT2D eigenvalue weighted by atomic mass is 9.96. The molecule has 0 saturated carbocycles. The van der Waals surface area contributed by atoms with E-state index < -0.39 is 12.1 Å². The van der Waals surface area contributed by atoms with Gasteiger partial charge in [0.15, 0.2) is 0 Å². The fraction of sp³-hybridized carbons (Fsp3) is 0.409. The molecule has 1 saturated heterocycles. The number of aliphatic hydroxyl groups is 1. The molecule has 2 aromatic carbocycles. The lowest BCUT2D eigenvalue weighted by molar-refractivity contribution is 0.0818. The Hall–Kier alpha value is -2.44. The number of aliphatic hydroxyl groups excluding tert-OH is 1. The zero-order chi connectivity index (χ0) is 19.5. The van der Waals surface area contributed by atoms with Crippen molar-refractivity contribution in [1.82, 2.24) is 10.6 Å². The van der Waals surface area contributed by atoms with Gasteiger partial charge in [0.2, 0.25) is 0 Å². The van der Waals surface area contributed by atoms with E-state index in [1.165, 1.54) is 29.8 Å². The summed E-state index contributed by atoms with van der Waals surface area (Å²) in [6.07, 6.45) is 1.75. The van der Waals surface area contributed by atoms with Crippen molar-refractivity contribution in [2.75, 3.05) is 31.1 Å². The summed E-state index contributed by atoms with van der Waals surface area (Å²) in [5, 5.41) is 17.1. The monoisotopic (exact) mass is 383 g/mol. The van der Waals surface area contributed by atoms with Crippen LogP contribution in [0.2, 0.25) is 0 Å². The summed E-state index contributed by atoms with van der Waals surface area (Å²) in [4.78, 5) is 15.0. The summed E-state index contributed by atoms with van der Waals surface area (Å²) in [6, 6.07) is 11.4. The zero-order valence-corrected chi connectivity index (χ0v) is 15.8. The van der Waals surface area contributed by atoms with Crippen LogP contribution in [0.1, 0.15) is 40.4 Å². The van der Waals surface area contributed by atoms with Gasteiger partial charge in [-0.15, -0.1) is 0 Å². The van der Waals surface area contributed by atoms with Gasteiger partial charge >= 0.3 is 0 Å². The molecule has 5 nitrogen and oxygen atoms in total. The fourth-order valence-electron chi connectivity index (χ4n) is 4.09. The molecule has 1 aliphatic heterocycles. The Balaban J connectivity index is 1.62. The number of rotatable bonds is 3. The molecule has 148 valence electrons. The average Bonchev–Trinajstić information content (AvgIpc) is 2.87. The molecule has 0 aromatic heterocycles. The number of hydrogen-bond donors (Lipinski definition) is 3. The molecule has 0 spiro atoms. The first kappa shape index (κ1) is 18.9. The quantitative estimate of drug-likeness (QED) is 0.713. The van der Waals surface area contributed by atoms with Crippen molar-refractivity contribution in [2.45, 2.75) is 31.4 Å². The molecule has 28 heavy (non-hydrogen) atoms. The van der Waals surface area contributed by atoms with Gasteiger partial charge in [0.1, 0.15) is 5.82 Å². The van der Waals surface area contributed by atoms with E-state index in [1.807, 2.05) is 0 Å². The number of nitrogens with one attached hydrogen (secondary N) is 2. The van der Waals surface area contributed by atoms with Crippen LogP contribution in [-0.4, -0.2) is 43.3 Å². The van der Waals surface area contributed by atoms with Crippen molar-refractivity contribution in [3.63, 3.8) is 0 Å². The number of fused-ring (bicyclic) bond motifs is 1. The zero-order valence-electron chi connectivity index (χ0n) is 15.8. The van der Waals surface area contributed by atoms with Crippen LogP contribution in [-0.2, 0) is 6.42 Å². The summed E-state index contributed by atoms with van der Waals surface area (Å²) in [5.74, 6) is -0.679. The predicted molar refractivity (Wildman–Crippen MR) is 107 cm³/mol. The van der Waals surface area contributed by atoms with Gasteiger partial charge < -0.3 is 20.6 Å². The molecule has 2 atom stereocenters. The highest BCUT2D eigenvalue weighted by molar-refractivity contribution is 5.94. The molecule has 4 rings (SSSR count). The van der Waals surface area contributed by atoms with E-state index in [2.05, 4.69) is 33.7 Å². The van der Waals surface area contributed by atoms with Crippen LogP contribution in [0, 0.1) is 5.82 Å². The van der Waals surface area contributed by atoms with Gasteiger partial charge in [-0.1, -0.05) is 6.07 Å². The molecule has 2 unspecified atom stereocenters. The minimum atomic E-state index is -0.649. The highest BCUT2D eigenvalue weighted by atomic mass is 19.1. The number of benzene rings is 2. The molecule has 1 heterocycles. The van der Waals surface area contributed by atoms with E-state index in [0.29, 0.717) is 12.0 Å². The van der Waals surface area contributed by atoms with Crippen LogP contribution in [0.4, 0.5) is 10.1 Å².